The number of urea groups is 1. The van der Waals surface area contributed by atoms with Crippen LogP contribution in [0, 0.1) is 5.82 Å². The number of morpholine rings is 1. The second kappa shape index (κ2) is 10.1. The quantitative estimate of drug-likeness (QED) is 0.346. The highest BCUT2D eigenvalue weighted by Gasteiger charge is 2.23. The maximum Gasteiger partial charge on any atom is 0.323 e. The smallest absolute Gasteiger partial charge is 0.323 e. The van der Waals surface area contributed by atoms with Gasteiger partial charge in [-0.25, -0.2) is 14.2 Å². The standard InChI is InChI=1S/C25H22ClFN6O2/c26-17-4-6-18(7-5-17)29-25(34)30-20-3-1-2-19(21(20)27)23-22(16-8-10-28-11-9-16)31-24(32-23)33-12-14-35-15-13-33/h1-11H,12-15H2,(H,31,32)(H2,29,30,34). The zero-order valence-corrected chi connectivity index (χ0v) is 19.3. The molecule has 0 bridgehead atoms. The first-order valence-electron chi connectivity index (χ1n) is 11.0. The first-order valence-corrected chi connectivity index (χ1v) is 11.4. The number of anilines is 3. The molecule has 1 fully saturated rings. The molecule has 2 amide bonds. The van der Waals surface area contributed by atoms with Gasteiger partial charge in [-0.15, -0.1) is 0 Å². The molecule has 2 aromatic carbocycles. The van der Waals surface area contributed by atoms with Crippen LogP contribution in [-0.2, 0) is 4.74 Å². The first-order chi connectivity index (χ1) is 17.1. The lowest BCUT2D eigenvalue weighted by Gasteiger charge is -2.26. The summed E-state index contributed by atoms with van der Waals surface area (Å²) in [4.78, 5) is 26.7. The molecule has 4 aromatic rings. The van der Waals surface area contributed by atoms with Crippen LogP contribution in [0.25, 0.3) is 22.5 Å². The highest BCUT2D eigenvalue weighted by atomic mass is 35.5. The van der Waals surface area contributed by atoms with Gasteiger partial charge in [0.2, 0.25) is 5.95 Å². The van der Waals surface area contributed by atoms with Crippen LogP contribution in [0.2, 0.25) is 5.02 Å². The van der Waals surface area contributed by atoms with Crippen LogP contribution in [0.5, 0.6) is 0 Å². The van der Waals surface area contributed by atoms with E-state index in [1.807, 2.05) is 12.1 Å². The maximum absolute atomic E-state index is 15.7. The number of nitrogens with zero attached hydrogens (tertiary/aromatic N) is 3. The van der Waals surface area contributed by atoms with Gasteiger partial charge < -0.3 is 25.3 Å². The number of carbonyl (C=O) groups excluding carboxylic acids is 1. The highest BCUT2D eigenvalue weighted by Crippen LogP contribution is 2.35. The second-order valence-electron chi connectivity index (χ2n) is 7.87. The van der Waals surface area contributed by atoms with Gasteiger partial charge in [-0.2, -0.15) is 0 Å². The molecule has 3 N–H and O–H groups in total. The minimum Gasteiger partial charge on any atom is -0.378 e. The molecule has 1 aliphatic heterocycles. The summed E-state index contributed by atoms with van der Waals surface area (Å²) in [6.45, 7) is 2.55. The fourth-order valence-corrected chi connectivity index (χ4v) is 3.96. The number of hydrogen-bond donors (Lipinski definition) is 3. The Hall–Kier alpha value is -3.95. The third-order valence-corrected chi connectivity index (χ3v) is 5.83. The van der Waals surface area contributed by atoms with Crippen molar-refractivity contribution >= 4 is 35.0 Å². The summed E-state index contributed by atoms with van der Waals surface area (Å²) < 4.78 is 21.1. The largest absolute Gasteiger partial charge is 0.378 e. The summed E-state index contributed by atoms with van der Waals surface area (Å²) in [5, 5.41) is 5.80. The van der Waals surface area contributed by atoms with Gasteiger partial charge in [-0.1, -0.05) is 17.7 Å². The van der Waals surface area contributed by atoms with Gasteiger partial charge in [0.1, 0.15) is 5.69 Å². The molecule has 2 aromatic heterocycles. The van der Waals surface area contributed by atoms with Gasteiger partial charge in [0.05, 0.1) is 24.6 Å². The number of aromatic nitrogens is 3. The molecule has 8 nitrogen and oxygen atoms in total. The van der Waals surface area contributed by atoms with Gasteiger partial charge in [0.25, 0.3) is 0 Å². The van der Waals surface area contributed by atoms with Crippen molar-refractivity contribution in [2.75, 3.05) is 41.8 Å². The van der Waals surface area contributed by atoms with Crippen LogP contribution in [0.15, 0.2) is 67.0 Å². The van der Waals surface area contributed by atoms with Gasteiger partial charge in [-0.3, -0.25) is 4.98 Å². The number of hydrogen-bond acceptors (Lipinski definition) is 5. The maximum atomic E-state index is 15.7. The molecule has 0 unspecified atom stereocenters. The Morgan fingerprint density at radius 3 is 2.51 bits per heavy atom. The van der Waals surface area contributed by atoms with E-state index in [0.717, 1.165) is 5.56 Å². The van der Waals surface area contributed by atoms with Crippen molar-refractivity contribution in [2.24, 2.45) is 0 Å². The number of benzene rings is 2. The molecule has 0 radical (unpaired) electrons. The van der Waals surface area contributed by atoms with Crippen LogP contribution in [-0.4, -0.2) is 47.3 Å². The summed E-state index contributed by atoms with van der Waals surface area (Å²) in [7, 11) is 0. The molecule has 35 heavy (non-hydrogen) atoms. The Morgan fingerprint density at radius 2 is 1.77 bits per heavy atom. The lowest BCUT2D eigenvalue weighted by molar-refractivity contribution is 0.122. The minimum atomic E-state index is -0.589. The number of rotatable bonds is 5. The first kappa shape index (κ1) is 22.8. The van der Waals surface area contributed by atoms with Gasteiger partial charge in [0.15, 0.2) is 5.82 Å². The van der Waals surface area contributed by atoms with E-state index in [1.54, 1.807) is 48.8 Å². The fourth-order valence-electron chi connectivity index (χ4n) is 3.84. The summed E-state index contributed by atoms with van der Waals surface area (Å²) in [6.07, 6.45) is 3.34. The molecule has 1 aliphatic rings. The van der Waals surface area contributed by atoms with E-state index in [4.69, 9.17) is 21.3 Å². The Morgan fingerprint density at radius 1 is 1.03 bits per heavy atom. The molecule has 0 spiro atoms. The normalized spacial score (nSPS) is 13.5. The SMILES string of the molecule is O=C(Nc1ccc(Cl)cc1)Nc1cccc(-c2nc(N3CCOCC3)[nH]c2-c2ccncc2)c1F. The number of carbonyl (C=O) groups is 1. The van der Waals surface area contributed by atoms with Crippen LogP contribution in [0.4, 0.5) is 26.5 Å². The molecule has 3 heterocycles. The summed E-state index contributed by atoms with van der Waals surface area (Å²) in [6, 6.07) is 14.5. The van der Waals surface area contributed by atoms with Crippen molar-refractivity contribution in [3.8, 4) is 22.5 Å². The van der Waals surface area contributed by atoms with Crippen molar-refractivity contribution in [2.45, 2.75) is 0 Å². The van der Waals surface area contributed by atoms with Crippen LogP contribution < -0.4 is 15.5 Å². The van der Waals surface area contributed by atoms with Crippen LogP contribution in [0.1, 0.15) is 0 Å². The number of nitrogens with one attached hydrogen (secondary N) is 3. The number of H-pyrrole nitrogens is 1. The monoisotopic (exact) mass is 492 g/mol. The Kier molecular flexibility index (Phi) is 6.60. The van der Waals surface area contributed by atoms with E-state index in [9.17, 15) is 4.79 Å². The molecule has 0 aliphatic carbocycles. The summed E-state index contributed by atoms with van der Waals surface area (Å²) in [5.74, 6) is 0.0439. The molecule has 0 atom stereocenters. The average molecular weight is 493 g/mol. The topological polar surface area (TPSA) is 95.2 Å². The number of halogens is 2. The molecule has 10 heteroatoms. The predicted molar refractivity (Wildman–Crippen MR) is 134 cm³/mol. The molecular formula is C25H22ClFN6O2. The van der Waals surface area contributed by atoms with E-state index in [2.05, 4.69) is 25.5 Å². The number of pyridine rings is 1. The number of amides is 2. The molecule has 5 rings (SSSR count). The average Bonchev–Trinajstić information content (AvgIpc) is 3.33. The fraction of sp³-hybridized carbons (Fsp3) is 0.160. The summed E-state index contributed by atoms with van der Waals surface area (Å²) in [5.41, 5.74) is 2.75. The highest BCUT2D eigenvalue weighted by molar-refractivity contribution is 6.30. The number of imidazole rings is 1. The molecular weight excluding hydrogens is 471 g/mol. The van der Waals surface area contributed by atoms with Crippen molar-refractivity contribution in [1.82, 2.24) is 15.0 Å². The van der Waals surface area contributed by atoms with Crippen molar-refractivity contribution < 1.29 is 13.9 Å². The predicted octanol–water partition coefficient (Wildman–Crippen LogP) is 5.41. The minimum absolute atomic E-state index is 0.0329. The Labute approximate surface area is 206 Å². The van der Waals surface area contributed by atoms with Crippen molar-refractivity contribution in [1.29, 1.82) is 0 Å². The van der Waals surface area contributed by atoms with Crippen molar-refractivity contribution in [3.63, 3.8) is 0 Å². The van der Waals surface area contributed by atoms with Crippen molar-refractivity contribution in [3.05, 3.63) is 77.8 Å². The van der Waals surface area contributed by atoms with Crippen LogP contribution in [0.3, 0.4) is 0 Å². The van der Waals surface area contributed by atoms with Gasteiger partial charge in [0, 0.05) is 47.3 Å². The number of aromatic amines is 1. The summed E-state index contributed by atoms with van der Waals surface area (Å²) >= 11 is 5.88. The van der Waals surface area contributed by atoms with E-state index in [1.165, 1.54) is 6.07 Å². The lowest BCUT2D eigenvalue weighted by Crippen LogP contribution is -2.36. The zero-order chi connectivity index (χ0) is 24.2. The van der Waals surface area contributed by atoms with E-state index in [-0.39, 0.29) is 11.3 Å². The third kappa shape index (κ3) is 5.11. The zero-order valence-electron chi connectivity index (χ0n) is 18.6. The number of ether oxygens (including phenoxy) is 1. The Balaban J connectivity index is 1.47. The molecule has 1 saturated heterocycles. The third-order valence-electron chi connectivity index (χ3n) is 5.58. The van der Waals surface area contributed by atoms with E-state index >= 15 is 4.39 Å². The van der Waals surface area contributed by atoms with E-state index < -0.39 is 11.8 Å². The van der Waals surface area contributed by atoms with Gasteiger partial charge >= 0.3 is 6.03 Å². The molecule has 0 saturated carbocycles. The molecule has 178 valence electrons. The second-order valence-corrected chi connectivity index (χ2v) is 8.31. The van der Waals surface area contributed by atoms with Crippen LogP contribution >= 0.6 is 11.6 Å². The van der Waals surface area contributed by atoms with E-state index in [0.29, 0.717) is 54.3 Å². The Bertz CT molecular complexity index is 1320. The lowest BCUT2D eigenvalue weighted by atomic mass is 10.0. The van der Waals surface area contributed by atoms with Gasteiger partial charge in [-0.05, 0) is 48.5 Å².